The quantitative estimate of drug-likeness (QED) is 0.582. The first kappa shape index (κ1) is 17.0. The number of hydrogen-bond acceptors (Lipinski definition) is 2. The van der Waals surface area contributed by atoms with Crippen LogP contribution in [0.4, 0.5) is 5.69 Å². The van der Waals surface area contributed by atoms with Crippen molar-refractivity contribution in [3.63, 3.8) is 0 Å². The zero-order valence-electron chi connectivity index (χ0n) is 15.3. The molecule has 1 N–H and O–H groups in total. The number of aromatic nitrogens is 2. The summed E-state index contributed by atoms with van der Waals surface area (Å²) in [5.41, 5.74) is 2.54. The van der Waals surface area contributed by atoms with Gasteiger partial charge in [0.15, 0.2) is 0 Å². The van der Waals surface area contributed by atoms with Gasteiger partial charge in [-0.1, -0.05) is 48.5 Å². The molecular formula is C22H20N3O2-. The van der Waals surface area contributed by atoms with Gasteiger partial charge in [-0.05, 0) is 47.1 Å². The van der Waals surface area contributed by atoms with Crippen LogP contribution >= 0.6 is 0 Å². The summed E-state index contributed by atoms with van der Waals surface area (Å²) < 4.78 is 3.41. The minimum atomic E-state index is -0.166. The van der Waals surface area contributed by atoms with E-state index in [-0.39, 0.29) is 17.9 Å². The van der Waals surface area contributed by atoms with Crippen molar-refractivity contribution < 1.29 is 5.11 Å². The van der Waals surface area contributed by atoms with Gasteiger partial charge in [0.2, 0.25) is 0 Å². The summed E-state index contributed by atoms with van der Waals surface area (Å²) in [5.74, 6) is 0.189. The fourth-order valence-electron chi connectivity index (χ4n) is 3.38. The van der Waals surface area contributed by atoms with Gasteiger partial charge in [0.05, 0.1) is 5.69 Å². The summed E-state index contributed by atoms with van der Waals surface area (Å²) in [6.07, 6.45) is 0. The molecule has 0 radical (unpaired) electrons. The molecule has 0 aliphatic heterocycles. The van der Waals surface area contributed by atoms with Crippen LogP contribution in [0.1, 0.15) is 11.3 Å². The molecule has 1 heterocycles. The Balaban J connectivity index is 1.73. The topological polar surface area (TPSA) is 61.3 Å². The first-order valence-electron chi connectivity index (χ1n) is 8.79. The average molecular weight is 358 g/mol. The van der Waals surface area contributed by atoms with Gasteiger partial charge in [-0.25, -0.2) is 4.68 Å². The summed E-state index contributed by atoms with van der Waals surface area (Å²) >= 11 is 0. The van der Waals surface area contributed by atoms with Gasteiger partial charge in [-0.3, -0.25) is 9.48 Å². The van der Waals surface area contributed by atoms with E-state index in [0.717, 1.165) is 27.7 Å². The van der Waals surface area contributed by atoms with Gasteiger partial charge < -0.3 is 10.4 Å². The van der Waals surface area contributed by atoms with Crippen molar-refractivity contribution in [2.45, 2.75) is 13.5 Å². The van der Waals surface area contributed by atoms with Crippen LogP contribution in [0.3, 0.4) is 0 Å². The molecule has 5 nitrogen and oxygen atoms in total. The number of aromatic hydroxyl groups is 1. The predicted molar refractivity (Wildman–Crippen MR) is 108 cm³/mol. The third kappa shape index (κ3) is 2.87. The second-order valence-electron chi connectivity index (χ2n) is 6.51. The molecule has 0 fully saturated rings. The van der Waals surface area contributed by atoms with E-state index in [2.05, 4.69) is 5.32 Å². The van der Waals surface area contributed by atoms with Gasteiger partial charge in [0.25, 0.3) is 5.56 Å². The normalized spacial score (nSPS) is 11.0. The number of para-hydroxylation sites is 1. The van der Waals surface area contributed by atoms with E-state index >= 15 is 0 Å². The van der Waals surface area contributed by atoms with Crippen LogP contribution < -0.4 is 5.56 Å². The van der Waals surface area contributed by atoms with Gasteiger partial charge >= 0.3 is 0 Å². The highest BCUT2D eigenvalue weighted by Crippen LogP contribution is 2.31. The number of phenolic OH excluding ortho intramolecular Hbond substituents is 1. The molecule has 0 spiro atoms. The summed E-state index contributed by atoms with van der Waals surface area (Å²) in [6, 6.07) is 20.9. The third-order valence-electron chi connectivity index (χ3n) is 4.93. The van der Waals surface area contributed by atoms with Crippen LogP contribution in [0.2, 0.25) is 0 Å². The van der Waals surface area contributed by atoms with E-state index in [4.69, 9.17) is 0 Å². The molecule has 0 saturated heterocycles. The molecule has 0 amide bonds. The number of fused-ring (bicyclic) bond motifs is 1. The average Bonchev–Trinajstić information content (AvgIpc) is 2.90. The number of hydrogen-bond donors (Lipinski definition) is 1. The van der Waals surface area contributed by atoms with Crippen LogP contribution in [0.15, 0.2) is 71.5 Å². The van der Waals surface area contributed by atoms with Crippen LogP contribution in [-0.4, -0.2) is 14.5 Å². The van der Waals surface area contributed by atoms with Crippen LogP contribution in [-0.2, 0) is 13.6 Å². The van der Waals surface area contributed by atoms with Crippen molar-refractivity contribution in [2.24, 2.45) is 7.05 Å². The molecule has 0 unspecified atom stereocenters. The lowest BCUT2D eigenvalue weighted by Gasteiger charge is -2.21. The SMILES string of the molecule is Cc1c([N-]Cc2c(O)ccc3ccccc23)c(=O)n(-c2ccccc2)n1C. The van der Waals surface area contributed by atoms with Crippen molar-refractivity contribution in [1.29, 1.82) is 0 Å². The molecular weight excluding hydrogens is 338 g/mol. The highest BCUT2D eigenvalue weighted by molar-refractivity contribution is 5.88. The van der Waals surface area contributed by atoms with Crippen molar-refractivity contribution in [2.75, 3.05) is 0 Å². The maximum absolute atomic E-state index is 13.0. The minimum Gasteiger partial charge on any atom is -0.675 e. The lowest BCUT2D eigenvalue weighted by Crippen LogP contribution is -2.19. The molecule has 0 aliphatic rings. The number of nitrogens with zero attached hydrogens (tertiary/aromatic N) is 3. The Kier molecular flexibility index (Phi) is 4.20. The van der Waals surface area contributed by atoms with Gasteiger partial charge in [0, 0.05) is 12.7 Å². The van der Waals surface area contributed by atoms with E-state index in [1.54, 1.807) is 15.4 Å². The molecule has 4 rings (SSSR count). The molecule has 136 valence electrons. The third-order valence-corrected chi connectivity index (χ3v) is 4.93. The highest BCUT2D eigenvalue weighted by Gasteiger charge is 2.11. The number of benzene rings is 3. The highest BCUT2D eigenvalue weighted by atomic mass is 16.3. The fourth-order valence-corrected chi connectivity index (χ4v) is 3.38. The van der Waals surface area contributed by atoms with E-state index in [0.29, 0.717) is 5.69 Å². The Bertz CT molecular complexity index is 1170. The summed E-state index contributed by atoms with van der Waals surface area (Å²) in [4.78, 5) is 13.0. The summed E-state index contributed by atoms with van der Waals surface area (Å²) in [5, 5.41) is 16.9. The fraction of sp³-hybridized carbons (Fsp3) is 0.136. The monoisotopic (exact) mass is 358 g/mol. The van der Waals surface area contributed by atoms with Crippen LogP contribution in [0.25, 0.3) is 21.8 Å². The second-order valence-corrected chi connectivity index (χ2v) is 6.51. The standard InChI is InChI=1S/C22H20N3O2/c1-15-21(22(27)25(24(15)2)17-9-4-3-5-10-17)23-14-19-18-11-7-6-8-16(18)12-13-20(19)26/h3-13,26H,14H2,1-2H3/q-1. The maximum Gasteiger partial charge on any atom is 0.256 e. The van der Waals surface area contributed by atoms with Crippen molar-refractivity contribution in [3.05, 3.63) is 93.7 Å². The largest absolute Gasteiger partial charge is 0.675 e. The summed E-state index contributed by atoms with van der Waals surface area (Å²) in [6.45, 7) is 2.12. The van der Waals surface area contributed by atoms with Crippen molar-refractivity contribution in [1.82, 2.24) is 9.36 Å². The first-order valence-corrected chi connectivity index (χ1v) is 8.79. The Morgan fingerprint density at radius 2 is 1.67 bits per heavy atom. The zero-order valence-corrected chi connectivity index (χ0v) is 15.3. The lowest BCUT2D eigenvalue weighted by molar-refractivity contribution is 0.470. The molecule has 0 saturated carbocycles. The van der Waals surface area contributed by atoms with Gasteiger partial charge in [0.1, 0.15) is 5.75 Å². The first-order chi connectivity index (χ1) is 13.1. The Labute approximate surface area is 157 Å². The van der Waals surface area contributed by atoms with Gasteiger partial charge in [-0.15, -0.1) is 6.54 Å². The molecule has 27 heavy (non-hydrogen) atoms. The molecule has 3 aromatic carbocycles. The summed E-state index contributed by atoms with van der Waals surface area (Å²) in [7, 11) is 1.85. The second kappa shape index (κ2) is 6.68. The minimum absolute atomic E-state index is 0.166. The predicted octanol–water partition coefficient (Wildman–Crippen LogP) is 4.55. The maximum atomic E-state index is 13.0. The van der Waals surface area contributed by atoms with E-state index in [1.807, 2.05) is 74.6 Å². The van der Waals surface area contributed by atoms with E-state index < -0.39 is 0 Å². The van der Waals surface area contributed by atoms with Crippen LogP contribution in [0, 0.1) is 6.92 Å². The van der Waals surface area contributed by atoms with E-state index in [1.165, 1.54) is 0 Å². The smallest absolute Gasteiger partial charge is 0.256 e. The Morgan fingerprint density at radius 1 is 0.963 bits per heavy atom. The van der Waals surface area contributed by atoms with Crippen molar-refractivity contribution in [3.8, 4) is 11.4 Å². The molecule has 1 aromatic heterocycles. The Hall–Kier alpha value is -3.47. The zero-order chi connectivity index (χ0) is 19.0. The number of phenols is 1. The van der Waals surface area contributed by atoms with Crippen LogP contribution in [0.5, 0.6) is 5.75 Å². The van der Waals surface area contributed by atoms with Crippen molar-refractivity contribution >= 4 is 16.5 Å². The number of rotatable bonds is 4. The molecule has 4 aromatic rings. The molecule has 0 atom stereocenters. The Morgan fingerprint density at radius 3 is 2.44 bits per heavy atom. The molecule has 0 aliphatic carbocycles. The van der Waals surface area contributed by atoms with Gasteiger partial charge in [-0.2, -0.15) is 0 Å². The molecule has 0 bridgehead atoms. The lowest BCUT2D eigenvalue weighted by atomic mass is 10.0. The van der Waals surface area contributed by atoms with E-state index in [9.17, 15) is 9.90 Å². The molecule has 5 heteroatoms.